The minimum Gasteiger partial charge on any atom is -0.376 e. The predicted molar refractivity (Wildman–Crippen MR) is 68.6 cm³/mol. The van der Waals surface area contributed by atoms with Gasteiger partial charge in [-0.3, -0.25) is 9.59 Å². The highest BCUT2D eigenvalue weighted by Gasteiger charge is 2.44. The fourth-order valence-electron chi connectivity index (χ4n) is 2.67. The van der Waals surface area contributed by atoms with Gasteiger partial charge in [0.05, 0.1) is 32.5 Å². The average molecular weight is 270 g/mol. The van der Waals surface area contributed by atoms with E-state index in [9.17, 15) is 9.59 Å². The number of ether oxygens (including phenoxy) is 2. The second-order valence-corrected chi connectivity index (χ2v) is 5.09. The third-order valence-corrected chi connectivity index (χ3v) is 3.93. The molecule has 0 aromatic rings. The summed E-state index contributed by atoms with van der Waals surface area (Å²) in [7, 11) is 0. The Kier molecular flexibility index (Phi) is 4.42. The van der Waals surface area contributed by atoms with Crippen LogP contribution in [-0.2, 0) is 19.1 Å². The third-order valence-electron chi connectivity index (χ3n) is 3.93. The average Bonchev–Trinajstić information content (AvgIpc) is 2.44. The first kappa shape index (κ1) is 14.3. The number of piperazine rings is 1. The van der Waals surface area contributed by atoms with Gasteiger partial charge in [-0.05, 0) is 12.8 Å². The number of carbonyl (C=O) groups excluding carboxylic acids is 2. The second kappa shape index (κ2) is 5.88. The van der Waals surface area contributed by atoms with Crippen molar-refractivity contribution < 1.29 is 19.1 Å². The number of hydrogen-bond acceptors (Lipinski definition) is 4. The number of nitrogens with one attached hydrogen (secondary N) is 1. The zero-order valence-corrected chi connectivity index (χ0v) is 11.6. The second-order valence-electron chi connectivity index (χ2n) is 5.09. The molecule has 0 aliphatic carbocycles. The Morgan fingerprint density at radius 2 is 2.05 bits per heavy atom. The van der Waals surface area contributed by atoms with E-state index in [-0.39, 0.29) is 24.5 Å². The molecular formula is C13H22N2O4. The van der Waals surface area contributed by atoms with E-state index < -0.39 is 5.54 Å². The molecule has 2 heterocycles. The van der Waals surface area contributed by atoms with Crippen LogP contribution in [0, 0.1) is 0 Å². The van der Waals surface area contributed by atoms with Crippen LogP contribution in [0.25, 0.3) is 0 Å². The maximum atomic E-state index is 12.5. The lowest BCUT2D eigenvalue weighted by Gasteiger charge is -2.42. The summed E-state index contributed by atoms with van der Waals surface area (Å²) in [6, 6.07) is 0. The van der Waals surface area contributed by atoms with Crippen LogP contribution in [0.4, 0.5) is 0 Å². The van der Waals surface area contributed by atoms with Crippen LogP contribution in [0.2, 0.25) is 0 Å². The van der Waals surface area contributed by atoms with Crippen molar-refractivity contribution in [2.75, 3.05) is 32.9 Å². The van der Waals surface area contributed by atoms with Crippen molar-refractivity contribution >= 4 is 11.8 Å². The molecule has 2 aliphatic rings. The van der Waals surface area contributed by atoms with Crippen LogP contribution in [0.1, 0.15) is 26.7 Å². The topological polar surface area (TPSA) is 67.9 Å². The van der Waals surface area contributed by atoms with Gasteiger partial charge in [-0.1, -0.05) is 13.8 Å². The lowest BCUT2D eigenvalue weighted by molar-refractivity contribution is -0.155. The minimum atomic E-state index is -0.745. The van der Waals surface area contributed by atoms with Crippen LogP contribution in [0.5, 0.6) is 0 Å². The fraction of sp³-hybridized carbons (Fsp3) is 0.846. The Hall–Kier alpha value is -1.14. The minimum absolute atomic E-state index is 0.00808. The molecule has 1 atom stereocenters. The summed E-state index contributed by atoms with van der Waals surface area (Å²) in [6.45, 7) is 6.01. The first-order chi connectivity index (χ1) is 9.11. The van der Waals surface area contributed by atoms with E-state index in [2.05, 4.69) is 5.32 Å². The summed E-state index contributed by atoms with van der Waals surface area (Å²) in [4.78, 5) is 26.0. The van der Waals surface area contributed by atoms with Gasteiger partial charge in [0.25, 0.3) is 0 Å². The molecule has 1 N–H and O–H groups in total. The Bertz CT molecular complexity index is 349. The Morgan fingerprint density at radius 1 is 1.32 bits per heavy atom. The van der Waals surface area contributed by atoms with E-state index >= 15 is 0 Å². The van der Waals surface area contributed by atoms with Crippen molar-refractivity contribution in [1.29, 1.82) is 0 Å². The normalized spacial score (nSPS) is 27.3. The van der Waals surface area contributed by atoms with Crippen LogP contribution >= 0.6 is 0 Å². The summed E-state index contributed by atoms with van der Waals surface area (Å²) in [5, 5.41) is 2.84. The standard InChI is InChI=1S/C13H22N2O4/c1-3-13(4-2)12(17)15(8-11(16)14-13)7-10-9-18-5-6-19-10/h10H,3-9H2,1-2H3,(H,14,16). The molecule has 0 saturated carbocycles. The van der Waals surface area contributed by atoms with Gasteiger partial charge in [0.15, 0.2) is 0 Å². The summed E-state index contributed by atoms with van der Waals surface area (Å²) in [5.74, 6) is -0.105. The monoisotopic (exact) mass is 270 g/mol. The molecular weight excluding hydrogens is 248 g/mol. The predicted octanol–water partition coefficient (Wildman–Crippen LogP) is -0.0810. The van der Waals surface area contributed by atoms with Crippen molar-refractivity contribution in [2.24, 2.45) is 0 Å². The first-order valence-electron chi connectivity index (χ1n) is 6.91. The molecule has 0 spiro atoms. The number of nitrogens with zero attached hydrogens (tertiary/aromatic N) is 1. The molecule has 2 rings (SSSR count). The van der Waals surface area contributed by atoms with Gasteiger partial charge in [-0.25, -0.2) is 0 Å². The molecule has 0 bridgehead atoms. The molecule has 2 aliphatic heterocycles. The number of rotatable bonds is 4. The largest absolute Gasteiger partial charge is 0.376 e. The van der Waals surface area contributed by atoms with Crippen LogP contribution in [-0.4, -0.2) is 61.3 Å². The molecule has 108 valence electrons. The molecule has 6 nitrogen and oxygen atoms in total. The van der Waals surface area contributed by atoms with Crippen molar-refractivity contribution in [3.63, 3.8) is 0 Å². The molecule has 6 heteroatoms. The smallest absolute Gasteiger partial charge is 0.248 e. The van der Waals surface area contributed by atoms with Gasteiger partial charge >= 0.3 is 0 Å². The lowest BCUT2D eigenvalue weighted by Crippen LogP contribution is -2.67. The summed E-state index contributed by atoms with van der Waals surface area (Å²) in [6.07, 6.45) is 1.08. The SMILES string of the molecule is CCC1(CC)NC(=O)CN(CC2COCCO2)C1=O. The molecule has 19 heavy (non-hydrogen) atoms. The molecule has 2 fully saturated rings. The Labute approximate surface area is 113 Å². The maximum Gasteiger partial charge on any atom is 0.248 e. The Morgan fingerprint density at radius 3 is 2.63 bits per heavy atom. The maximum absolute atomic E-state index is 12.5. The van der Waals surface area contributed by atoms with Crippen molar-refractivity contribution in [3.8, 4) is 0 Å². The molecule has 0 aromatic heterocycles. The highest BCUT2D eigenvalue weighted by Crippen LogP contribution is 2.22. The zero-order valence-electron chi connectivity index (χ0n) is 11.6. The van der Waals surface area contributed by atoms with Gasteiger partial charge in [-0.15, -0.1) is 0 Å². The van der Waals surface area contributed by atoms with Crippen molar-refractivity contribution in [2.45, 2.75) is 38.3 Å². The van der Waals surface area contributed by atoms with E-state index in [0.29, 0.717) is 39.2 Å². The van der Waals surface area contributed by atoms with Gasteiger partial charge in [0.1, 0.15) is 5.54 Å². The summed E-state index contributed by atoms with van der Waals surface area (Å²) >= 11 is 0. The summed E-state index contributed by atoms with van der Waals surface area (Å²) < 4.78 is 10.9. The van der Waals surface area contributed by atoms with E-state index in [1.165, 1.54) is 0 Å². The van der Waals surface area contributed by atoms with E-state index in [1.54, 1.807) is 4.90 Å². The van der Waals surface area contributed by atoms with Gasteiger partial charge in [0.2, 0.25) is 11.8 Å². The Balaban J connectivity index is 2.06. The number of hydrogen-bond donors (Lipinski definition) is 1. The van der Waals surface area contributed by atoms with E-state index in [1.807, 2.05) is 13.8 Å². The quantitative estimate of drug-likeness (QED) is 0.776. The van der Waals surface area contributed by atoms with Gasteiger partial charge in [-0.2, -0.15) is 0 Å². The molecule has 2 amide bonds. The molecule has 0 aromatic carbocycles. The van der Waals surface area contributed by atoms with Crippen molar-refractivity contribution in [3.05, 3.63) is 0 Å². The van der Waals surface area contributed by atoms with Crippen molar-refractivity contribution in [1.82, 2.24) is 10.2 Å². The fourth-order valence-corrected chi connectivity index (χ4v) is 2.67. The van der Waals surface area contributed by atoms with Crippen LogP contribution < -0.4 is 5.32 Å². The van der Waals surface area contributed by atoms with Crippen LogP contribution in [0.15, 0.2) is 0 Å². The summed E-state index contributed by atoms with van der Waals surface area (Å²) in [5.41, 5.74) is -0.745. The zero-order chi connectivity index (χ0) is 13.9. The van der Waals surface area contributed by atoms with Gasteiger partial charge in [0, 0.05) is 6.54 Å². The van der Waals surface area contributed by atoms with Crippen LogP contribution in [0.3, 0.4) is 0 Å². The van der Waals surface area contributed by atoms with Gasteiger partial charge < -0.3 is 19.7 Å². The first-order valence-corrected chi connectivity index (χ1v) is 6.91. The molecule has 1 unspecified atom stereocenters. The molecule has 0 radical (unpaired) electrons. The molecule has 2 saturated heterocycles. The third kappa shape index (κ3) is 2.90. The van der Waals surface area contributed by atoms with E-state index in [4.69, 9.17) is 9.47 Å². The number of amides is 2. The highest BCUT2D eigenvalue weighted by atomic mass is 16.6. The van der Waals surface area contributed by atoms with E-state index in [0.717, 1.165) is 0 Å². The number of carbonyl (C=O) groups is 2. The highest BCUT2D eigenvalue weighted by molar-refractivity contribution is 5.97. The lowest BCUT2D eigenvalue weighted by atomic mass is 9.89.